The fourth-order valence-electron chi connectivity index (χ4n) is 2.32. The lowest BCUT2D eigenvalue weighted by Gasteiger charge is -2.38. The highest BCUT2D eigenvalue weighted by Crippen LogP contribution is 2.18. The summed E-state index contributed by atoms with van der Waals surface area (Å²) in [5.74, 6) is 0. The topological polar surface area (TPSA) is 38.7 Å². The van der Waals surface area contributed by atoms with Crippen LogP contribution in [0, 0.1) is 0 Å². The minimum Gasteiger partial charge on any atom is -0.388 e. The third-order valence-corrected chi connectivity index (χ3v) is 3.32. The molecule has 0 amide bonds. The van der Waals surface area contributed by atoms with Crippen LogP contribution >= 0.6 is 0 Å². The van der Waals surface area contributed by atoms with Crippen LogP contribution in [0.4, 0.5) is 13.2 Å². The second-order valence-corrected chi connectivity index (χ2v) is 6.20. The zero-order chi connectivity index (χ0) is 15.4. The van der Waals surface area contributed by atoms with Gasteiger partial charge in [-0.2, -0.15) is 13.2 Å². The van der Waals surface area contributed by atoms with E-state index in [0.717, 1.165) is 0 Å². The predicted octanol–water partition coefficient (Wildman–Crippen LogP) is 0.915. The number of rotatable bonds is 6. The second kappa shape index (κ2) is 7.06. The van der Waals surface area contributed by atoms with Gasteiger partial charge < -0.3 is 10.4 Å². The Bertz CT molecular complexity index is 287. The van der Waals surface area contributed by atoms with Gasteiger partial charge in [0.1, 0.15) is 0 Å². The first kappa shape index (κ1) is 17.7. The van der Waals surface area contributed by atoms with Crippen molar-refractivity contribution in [2.75, 3.05) is 45.8 Å². The van der Waals surface area contributed by atoms with Crippen molar-refractivity contribution in [1.82, 2.24) is 15.1 Å². The van der Waals surface area contributed by atoms with Crippen molar-refractivity contribution >= 4 is 0 Å². The zero-order valence-corrected chi connectivity index (χ0v) is 12.5. The molecule has 4 nitrogen and oxygen atoms in total. The highest BCUT2D eigenvalue weighted by Gasteiger charge is 2.33. The monoisotopic (exact) mass is 297 g/mol. The minimum atomic E-state index is -4.13. The summed E-state index contributed by atoms with van der Waals surface area (Å²) in [6.07, 6.45) is -4.13. The molecule has 20 heavy (non-hydrogen) atoms. The van der Waals surface area contributed by atoms with E-state index in [1.165, 1.54) is 4.90 Å². The Hall–Kier alpha value is -0.370. The standard InChI is InChI=1S/C13H26F3N3O/c1-11(2)17-8-12(3,20)9-18-4-6-19(7-5-18)10-13(14,15)16/h11,17,20H,4-10H2,1-3H3. The fraction of sp³-hybridized carbons (Fsp3) is 1.00. The summed E-state index contributed by atoms with van der Waals surface area (Å²) in [6.45, 7) is 7.80. The van der Waals surface area contributed by atoms with Crippen LogP contribution in [0.3, 0.4) is 0 Å². The number of β-amino-alcohol motifs (C(OH)–C–C–N with tert-alkyl or cyclic N) is 1. The maximum atomic E-state index is 12.3. The van der Waals surface area contributed by atoms with Crippen LogP contribution in [0.15, 0.2) is 0 Å². The van der Waals surface area contributed by atoms with Gasteiger partial charge in [-0.3, -0.25) is 9.80 Å². The van der Waals surface area contributed by atoms with Crippen LogP contribution < -0.4 is 5.32 Å². The number of halogens is 3. The van der Waals surface area contributed by atoms with E-state index in [2.05, 4.69) is 5.32 Å². The second-order valence-electron chi connectivity index (χ2n) is 6.20. The van der Waals surface area contributed by atoms with Gasteiger partial charge >= 0.3 is 6.18 Å². The van der Waals surface area contributed by atoms with E-state index in [1.54, 1.807) is 6.92 Å². The Morgan fingerprint density at radius 2 is 1.50 bits per heavy atom. The number of alkyl halides is 3. The summed E-state index contributed by atoms with van der Waals surface area (Å²) in [4.78, 5) is 3.44. The molecule has 0 aromatic heterocycles. The lowest BCUT2D eigenvalue weighted by Crippen LogP contribution is -2.55. The summed E-state index contributed by atoms with van der Waals surface area (Å²) in [5, 5.41) is 13.4. The molecule has 0 bridgehead atoms. The van der Waals surface area contributed by atoms with E-state index in [0.29, 0.717) is 45.3 Å². The van der Waals surface area contributed by atoms with Gasteiger partial charge in [0.2, 0.25) is 0 Å². The quantitative estimate of drug-likeness (QED) is 0.764. The van der Waals surface area contributed by atoms with Crippen LogP contribution in [-0.2, 0) is 0 Å². The number of hydrogen-bond acceptors (Lipinski definition) is 4. The molecule has 0 aromatic carbocycles. The zero-order valence-electron chi connectivity index (χ0n) is 12.5. The number of hydrogen-bond donors (Lipinski definition) is 2. The number of aliphatic hydroxyl groups is 1. The average molecular weight is 297 g/mol. The molecular weight excluding hydrogens is 271 g/mol. The fourth-order valence-corrected chi connectivity index (χ4v) is 2.32. The third-order valence-electron chi connectivity index (χ3n) is 3.32. The summed E-state index contributed by atoms with van der Waals surface area (Å²) in [6, 6.07) is 0.296. The molecule has 7 heteroatoms. The first-order chi connectivity index (χ1) is 9.07. The highest BCUT2D eigenvalue weighted by molar-refractivity contribution is 4.83. The van der Waals surface area contributed by atoms with Gasteiger partial charge in [-0.25, -0.2) is 0 Å². The SMILES string of the molecule is CC(C)NCC(C)(O)CN1CCN(CC(F)(F)F)CC1. The molecule has 0 radical (unpaired) electrons. The van der Waals surface area contributed by atoms with Crippen LogP contribution in [0.25, 0.3) is 0 Å². The van der Waals surface area contributed by atoms with E-state index in [-0.39, 0.29) is 0 Å². The smallest absolute Gasteiger partial charge is 0.388 e. The van der Waals surface area contributed by atoms with Gasteiger partial charge in [0, 0.05) is 45.3 Å². The van der Waals surface area contributed by atoms with E-state index < -0.39 is 18.3 Å². The maximum Gasteiger partial charge on any atom is 0.401 e. The Balaban J connectivity index is 2.31. The molecule has 120 valence electrons. The summed E-state index contributed by atoms with van der Waals surface area (Å²) in [5.41, 5.74) is -0.865. The molecule has 1 rings (SSSR count). The Kier molecular flexibility index (Phi) is 6.25. The Morgan fingerprint density at radius 3 is 1.90 bits per heavy atom. The lowest BCUT2D eigenvalue weighted by molar-refractivity contribution is -0.150. The average Bonchev–Trinajstić information content (AvgIpc) is 2.27. The van der Waals surface area contributed by atoms with Gasteiger partial charge in [0.15, 0.2) is 0 Å². The molecule has 1 atom stereocenters. The van der Waals surface area contributed by atoms with Crippen molar-refractivity contribution in [2.45, 2.75) is 38.6 Å². The van der Waals surface area contributed by atoms with Crippen molar-refractivity contribution in [2.24, 2.45) is 0 Å². The van der Waals surface area contributed by atoms with Crippen LogP contribution in [0.2, 0.25) is 0 Å². The first-order valence-corrected chi connectivity index (χ1v) is 7.05. The van der Waals surface area contributed by atoms with Crippen LogP contribution in [0.5, 0.6) is 0 Å². The molecule has 1 fully saturated rings. The molecule has 0 aromatic rings. The van der Waals surface area contributed by atoms with Crippen molar-refractivity contribution < 1.29 is 18.3 Å². The molecule has 1 aliphatic rings. The third kappa shape index (κ3) is 7.42. The molecule has 1 saturated heterocycles. The largest absolute Gasteiger partial charge is 0.401 e. The van der Waals surface area contributed by atoms with Crippen molar-refractivity contribution in [3.05, 3.63) is 0 Å². The van der Waals surface area contributed by atoms with Crippen LogP contribution in [0.1, 0.15) is 20.8 Å². The summed E-state index contributed by atoms with van der Waals surface area (Å²) >= 11 is 0. The van der Waals surface area contributed by atoms with Gasteiger partial charge in [0.25, 0.3) is 0 Å². The van der Waals surface area contributed by atoms with E-state index >= 15 is 0 Å². The molecule has 0 aliphatic carbocycles. The summed E-state index contributed by atoms with van der Waals surface area (Å²) in [7, 11) is 0. The minimum absolute atomic E-state index is 0.296. The van der Waals surface area contributed by atoms with E-state index in [1.807, 2.05) is 18.7 Å². The number of nitrogens with zero attached hydrogens (tertiary/aromatic N) is 2. The van der Waals surface area contributed by atoms with Crippen molar-refractivity contribution in [3.63, 3.8) is 0 Å². The first-order valence-electron chi connectivity index (χ1n) is 7.05. The molecule has 0 spiro atoms. The molecule has 1 aliphatic heterocycles. The van der Waals surface area contributed by atoms with E-state index in [9.17, 15) is 18.3 Å². The molecular formula is C13H26F3N3O. The Labute approximate surface area is 118 Å². The molecule has 1 heterocycles. The predicted molar refractivity (Wildman–Crippen MR) is 72.7 cm³/mol. The van der Waals surface area contributed by atoms with Crippen molar-refractivity contribution in [1.29, 1.82) is 0 Å². The maximum absolute atomic E-state index is 12.3. The molecule has 1 unspecified atom stereocenters. The van der Waals surface area contributed by atoms with Crippen molar-refractivity contribution in [3.8, 4) is 0 Å². The van der Waals surface area contributed by atoms with Crippen LogP contribution in [-0.4, -0.2) is 78.5 Å². The summed E-state index contributed by atoms with van der Waals surface area (Å²) < 4.78 is 36.8. The van der Waals surface area contributed by atoms with Gasteiger partial charge in [-0.15, -0.1) is 0 Å². The number of nitrogens with one attached hydrogen (secondary N) is 1. The van der Waals surface area contributed by atoms with Gasteiger partial charge in [-0.1, -0.05) is 13.8 Å². The molecule has 2 N–H and O–H groups in total. The molecule has 0 saturated carbocycles. The van der Waals surface area contributed by atoms with Gasteiger partial charge in [0.05, 0.1) is 12.1 Å². The number of piperazine rings is 1. The normalized spacial score (nSPS) is 22.2. The highest BCUT2D eigenvalue weighted by atomic mass is 19.4. The van der Waals surface area contributed by atoms with Gasteiger partial charge in [-0.05, 0) is 6.92 Å². The lowest BCUT2D eigenvalue weighted by atomic mass is 10.1. The Morgan fingerprint density at radius 1 is 1.05 bits per heavy atom. The van der Waals surface area contributed by atoms with E-state index in [4.69, 9.17) is 0 Å².